The van der Waals surface area contributed by atoms with Crippen LogP contribution in [0, 0.1) is 0 Å². The van der Waals surface area contributed by atoms with E-state index in [1.807, 2.05) is 19.9 Å². The maximum Gasteiger partial charge on any atom is 0.149 e. The van der Waals surface area contributed by atoms with E-state index in [9.17, 15) is 0 Å². The topological polar surface area (TPSA) is 38.5 Å². The van der Waals surface area contributed by atoms with Crippen molar-refractivity contribution in [1.82, 2.24) is 5.16 Å². The molecule has 0 aliphatic carbocycles. The van der Waals surface area contributed by atoms with E-state index in [2.05, 4.69) is 5.16 Å². The van der Waals surface area contributed by atoms with Crippen LogP contribution in [0.25, 0.3) is 0 Å². The number of hydrogen-bond acceptors (Lipinski definition) is 4. The van der Waals surface area contributed by atoms with Crippen LogP contribution in [0.3, 0.4) is 0 Å². The number of anilines is 1. The number of nitrogens with zero attached hydrogens (tertiary/aromatic N) is 2. The summed E-state index contributed by atoms with van der Waals surface area (Å²) in [5.74, 6) is 0. The van der Waals surface area contributed by atoms with E-state index < -0.39 is 0 Å². The zero-order chi connectivity index (χ0) is 8.55. The monoisotopic (exact) mass is 166 g/mol. The zero-order valence-electron chi connectivity index (χ0n) is 7.02. The molecule has 12 heavy (non-hydrogen) atoms. The lowest BCUT2D eigenvalue weighted by atomic mass is 10.3. The van der Waals surface area contributed by atoms with Crippen molar-refractivity contribution in [1.29, 1.82) is 0 Å². The third-order valence-electron chi connectivity index (χ3n) is 1.72. The van der Waals surface area contributed by atoms with Crippen LogP contribution in [0.2, 0.25) is 0 Å². The Bertz CT molecular complexity index is 292. The van der Waals surface area contributed by atoms with Crippen LogP contribution in [0.15, 0.2) is 28.8 Å². The standard InChI is InChI=1S/C8H10N2O2/c1-6-3-7(2)12-10(6)8-4-9-11-5-8/h3-5,7H,1-2H3. The Morgan fingerprint density at radius 1 is 1.58 bits per heavy atom. The minimum atomic E-state index is 0.125. The van der Waals surface area contributed by atoms with E-state index in [1.54, 1.807) is 17.5 Å². The first-order chi connectivity index (χ1) is 5.77. The predicted molar refractivity (Wildman–Crippen MR) is 43.3 cm³/mol. The molecule has 1 unspecified atom stereocenters. The fourth-order valence-electron chi connectivity index (χ4n) is 1.25. The molecule has 0 N–H and O–H groups in total. The number of hydroxylamine groups is 1. The lowest BCUT2D eigenvalue weighted by molar-refractivity contribution is 0.111. The van der Waals surface area contributed by atoms with E-state index in [4.69, 9.17) is 9.36 Å². The molecule has 64 valence electrons. The van der Waals surface area contributed by atoms with Gasteiger partial charge in [0.2, 0.25) is 0 Å². The van der Waals surface area contributed by atoms with Crippen molar-refractivity contribution in [2.24, 2.45) is 0 Å². The first kappa shape index (κ1) is 7.36. The predicted octanol–water partition coefficient (Wildman–Crippen LogP) is 1.72. The van der Waals surface area contributed by atoms with Gasteiger partial charge in [0.05, 0.1) is 6.20 Å². The van der Waals surface area contributed by atoms with E-state index in [-0.39, 0.29) is 6.10 Å². The summed E-state index contributed by atoms with van der Waals surface area (Å²) in [7, 11) is 0. The van der Waals surface area contributed by atoms with Crippen LogP contribution in [0.5, 0.6) is 0 Å². The molecule has 1 aliphatic rings. The first-order valence-electron chi connectivity index (χ1n) is 3.82. The highest BCUT2D eigenvalue weighted by Crippen LogP contribution is 2.25. The highest BCUT2D eigenvalue weighted by molar-refractivity contribution is 5.45. The van der Waals surface area contributed by atoms with E-state index >= 15 is 0 Å². The summed E-state index contributed by atoms with van der Waals surface area (Å²) in [6, 6.07) is 0. The molecule has 0 saturated carbocycles. The highest BCUT2D eigenvalue weighted by Gasteiger charge is 2.20. The number of allylic oxidation sites excluding steroid dienone is 1. The molecular formula is C8H10N2O2. The van der Waals surface area contributed by atoms with Gasteiger partial charge < -0.3 is 4.52 Å². The largest absolute Gasteiger partial charge is 0.362 e. The molecular weight excluding hydrogens is 156 g/mol. The van der Waals surface area contributed by atoms with Crippen molar-refractivity contribution in [2.45, 2.75) is 20.0 Å². The van der Waals surface area contributed by atoms with Gasteiger partial charge in [-0.25, -0.2) is 5.06 Å². The molecule has 1 atom stereocenters. The number of rotatable bonds is 1. The van der Waals surface area contributed by atoms with Crippen molar-refractivity contribution in [2.75, 3.05) is 5.06 Å². The SMILES string of the molecule is CC1=CC(C)ON1c1cnoc1. The van der Waals surface area contributed by atoms with Crippen LogP contribution in [0.4, 0.5) is 5.69 Å². The van der Waals surface area contributed by atoms with Gasteiger partial charge in [-0.05, 0) is 19.9 Å². The van der Waals surface area contributed by atoms with Gasteiger partial charge in [0.15, 0.2) is 0 Å². The number of hydrogen-bond donors (Lipinski definition) is 0. The van der Waals surface area contributed by atoms with Gasteiger partial charge in [0, 0.05) is 5.70 Å². The van der Waals surface area contributed by atoms with Crippen LogP contribution in [0.1, 0.15) is 13.8 Å². The average molecular weight is 166 g/mol. The summed E-state index contributed by atoms with van der Waals surface area (Å²) in [5, 5.41) is 5.31. The Kier molecular flexibility index (Phi) is 1.62. The van der Waals surface area contributed by atoms with Gasteiger partial charge in [0.1, 0.15) is 18.1 Å². The molecule has 2 heterocycles. The maximum atomic E-state index is 5.46. The lowest BCUT2D eigenvalue weighted by Gasteiger charge is -2.16. The summed E-state index contributed by atoms with van der Waals surface area (Å²) >= 11 is 0. The smallest absolute Gasteiger partial charge is 0.149 e. The summed E-state index contributed by atoms with van der Waals surface area (Å²) in [6.07, 6.45) is 5.33. The zero-order valence-corrected chi connectivity index (χ0v) is 7.02. The van der Waals surface area contributed by atoms with Crippen LogP contribution < -0.4 is 5.06 Å². The summed E-state index contributed by atoms with van der Waals surface area (Å²) in [5.41, 5.74) is 1.89. The summed E-state index contributed by atoms with van der Waals surface area (Å²) in [6.45, 7) is 3.97. The van der Waals surface area contributed by atoms with Crippen molar-refractivity contribution >= 4 is 5.69 Å². The Morgan fingerprint density at radius 3 is 2.92 bits per heavy atom. The van der Waals surface area contributed by atoms with Crippen molar-refractivity contribution in [3.8, 4) is 0 Å². The lowest BCUT2D eigenvalue weighted by Crippen LogP contribution is -2.17. The minimum Gasteiger partial charge on any atom is -0.362 e. The Labute approximate surface area is 70.4 Å². The second-order valence-electron chi connectivity index (χ2n) is 2.80. The molecule has 0 spiro atoms. The van der Waals surface area contributed by atoms with Gasteiger partial charge in [-0.3, -0.25) is 4.84 Å². The third kappa shape index (κ3) is 1.10. The summed E-state index contributed by atoms with van der Waals surface area (Å²) < 4.78 is 4.71. The van der Waals surface area contributed by atoms with Gasteiger partial charge in [-0.1, -0.05) is 5.16 Å². The molecule has 1 aliphatic heterocycles. The van der Waals surface area contributed by atoms with E-state index in [0.717, 1.165) is 11.4 Å². The van der Waals surface area contributed by atoms with Gasteiger partial charge >= 0.3 is 0 Å². The highest BCUT2D eigenvalue weighted by atomic mass is 16.7. The van der Waals surface area contributed by atoms with Gasteiger partial charge in [-0.15, -0.1) is 0 Å². The Hall–Kier alpha value is -1.29. The van der Waals surface area contributed by atoms with E-state index in [0.29, 0.717) is 0 Å². The van der Waals surface area contributed by atoms with Crippen molar-refractivity contribution < 1.29 is 9.36 Å². The fraction of sp³-hybridized carbons (Fsp3) is 0.375. The average Bonchev–Trinajstić information content (AvgIpc) is 2.58. The molecule has 0 aromatic carbocycles. The number of aromatic nitrogens is 1. The van der Waals surface area contributed by atoms with Crippen LogP contribution in [-0.2, 0) is 4.84 Å². The van der Waals surface area contributed by atoms with Crippen molar-refractivity contribution in [3.05, 3.63) is 24.2 Å². The van der Waals surface area contributed by atoms with Gasteiger partial charge in [-0.2, -0.15) is 0 Å². The normalized spacial score (nSPS) is 23.0. The van der Waals surface area contributed by atoms with Gasteiger partial charge in [0.25, 0.3) is 0 Å². The van der Waals surface area contributed by atoms with E-state index in [1.165, 1.54) is 0 Å². The van der Waals surface area contributed by atoms with Crippen LogP contribution >= 0.6 is 0 Å². The molecule has 0 fully saturated rings. The maximum absolute atomic E-state index is 5.46. The Morgan fingerprint density at radius 2 is 2.42 bits per heavy atom. The van der Waals surface area contributed by atoms with Crippen molar-refractivity contribution in [3.63, 3.8) is 0 Å². The molecule has 0 saturated heterocycles. The second-order valence-corrected chi connectivity index (χ2v) is 2.80. The molecule has 0 bridgehead atoms. The molecule has 0 amide bonds. The molecule has 1 aromatic rings. The molecule has 4 nitrogen and oxygen atoms in total. The molecule has 1 aromatic heterocycles. The fourth-order valence-corrected chi connectivity index (χ4v) is 1.25. The molecule has 2 rings (SSSR count). The first-order valence-corrected chi connectivity index (χ1v) is 3.82. The van der Waals surface area contributed by atoms with Crippen LogP contribution in [-0.4, -0.2) is 11.3 Å². The molecule has 0 radical (unpaired) electrons. The molecule has 4 heteroatoms. The second kappa shape index (κ2) is 2.64. The third-order valence-corrected chi connectivity index (χ3v) is 1.72. The quantitative estimate of drug-likeness (QED) is 0.636. The minimum absolute atomic E-state index is 0.125. The summed E-state index contributed by atoms with van der Waals surface area (Å²) in [4.78, 5) is 5.46. The Balaban J connectivity index is 2.23.